The monoisotopic (exact) mass is 247 g/mol. The zero-order chi connectivity index (χ0) is 11.7. The third-order valence-corrected chi connectivity index (χ3v) is 4.44. The number of rotatable bonds is 1. The summed E-state index contributed by atoms with van der Waals surface area (Å²) in [6, 6.07) is 0. The molecule has 0 N–H and O–H groups in total. The van der Waals surface area contributed by atoms with Crippen LogP contribution in [0.4, 0.5) is 0 Å². The number of fused-ring (bicyclic) bond motifs is 2. The Bertz CT molecular complexity index is 432. The van der Waals surface area contributed by atoms with Gasteiger partial charge in [-0.15, -0.1) is 0 Å². The summed E-state index contributed by atoms with van der Waals surface area (Å²) in [4.78, 5) is 0. The number of hydrogen-bond acceptors (Lipinski definition) is 3. The molecule has 0 radical (unpaired) electrons. The van der Waals surface area contributed by atoms with Crippen LogP contribution in [-0.2, 0) is 4.74 Å². The van der Waals surface area contributed by atoms with Crippen molar-refractivity contribution in [3.63, 3.8) is 0 Å². The summed E-state index contributed by atoms with van der Waals surface area (Å²) in [5.74, 6) is 1.42. The second-order valence-corrected chi connectivity index (χ2v) is 5.52. The lowest BCUT2D eigenvalue weighted by Crippen LogP contribution is -2.34. The van der Waals surface area contributed by atoms with Crippen molar-refractivity contribution in [3.8, 4) is 0 Å². The SMILES string of the molecule is CSN1CCCC2C3=C=C(C=CC=C3)OC2C1. The maximum atomic E-state index is 6.06. The van der Waals surface area contributed by atoms with E-state index in [1.807, 2.05) is 24.1 Å². The first kappa shape index (κ1) is 11.2. The van der Waals surface area contributed by atoms with Crippen molar-refractivity contribution in [3.05, 3.63) is 41.4 Å². The van der Waals surface area contributed by atoms with Gasteiger partial charge in [0.2, 0.25) is 0 Å². The van der Waals surface area contributed by atoms with Gasteiger partial charge in [-0.25, -0.2) is 4.31 Å². The van der Waals surface area contributed by atoms with E-state index in [9.17, 15) is 0 Å². The van der Waals surface area contributed by atoms with E-state index in [0.717, 1.165) is 12.3 Å². The molecule has 3 heteroatoms. The lowest BCUT2D eigenvalue weighted by Gasteiger charge is -2.30. The van der Waals surface area contributed by atoms with Gasteiger partial charge in [0.15, 0.2) is 5.76 Å². The van der Waals surface area contributed by atoms with Gasteiger partial charge >= 0.3 is 0 Å². The molecule has 2 unspecified atom stereocenters. The van der Waals surface area contributed by atoms with E-state index in [1.165, 1.54) is 25.0 Å². The standard InChI is InChI=1S/C14H17NOS/c1-17-15-8-4-7-13-11-5-2-3-6-12(9-11)16-14(13)10-15/h2-3,5-6,13-14H,4,7-8,10H2,1H3. The fourth-order valence-corrected chi connectivity index (χ4v) is 3.32. The summed E-state index contributed by atoms with van der Waals surface area (Å²) < 4.78 is 8.47. The Hall–Kier alpha value is -0.890. The summed E-state index contributed by atoms with van der Waals surface area (Å²) >= 11 is 1.83. The van der Waals surface area contributed by atoms with Crippen molar-refractivity contribution in [1.82, 2.24) is 4.31 Å². The van der Waals surface area contributed by atoms with E-state index in [0.29, 0.717) is 12.0 Å². The summed E-state index contributed by atoms with van der Waals surface area (Å²) in [6.07, 6.45) is 13.2. The molecule has 90 valence electrons. The highest BCUT2D eigenvalue weighted by molar-refractivity contribution is 7.96. The quantitative estimate of drug-likeness (QED) is 0.522. The van der Waals surface area contributed by atoms with Crippen LogP contribution in [0, 0.1) is 5.92 Å². The van der Waals surface area contributed by atoms with Crippen molar-refractivity contribution in [2.75, 3.05) is 19.3 Å². The predicted molar refractivity (Wildman–Crippen MR) is 71.5 cm³/mol. The van der Waals surface area contributed by atoms with Gasteiger partial charge in [0, 0.05) is 24.6 Å². The first-order chi connectivity index (χ1) is 8.36. The van der Waals surface area contributed by atoms with Gasteiger partial charge in [-0.1, -0.05) is 35.9 Å². The van der Waals surface area contributed by atoms with Crippen molar-refractivity contribution in [2.24, 2.45) is 5.92 Å². The lowest BCUT2D eigenvalue weighted by molar-refractivity contribution is 0.0723. The molecule has 17 heavy (non-hydrogen) atoms. The molecule has 0 aromatic rings. The lowest BCUT2D eigenvalue weighted by atomic mass is 9.88. The minimum absolute atomic E-state index is 0.295. The van der Waals surface area contributed by atoms with Crippen LogP contribution in [0.5, 0.6) is 0 Å². The molecule has 0 amide bonds. The third-order valence-electron chi connectivity index (χ3n) is 3.59. The zero-order valence-corrected chi connectivity index (χ0v) is 10.9. The van der Waals surface area contributed by atoms with Crippen molar-refractivity contribution >= 4 is 11.9 Å². The van der Waals surface area contributed by atoms with E-state index in [4.69, 9.17) is 4.74 Å². The average molecular weight is 247 g/mol. The molecule has 0 aromatic carbocycles. The fraction of sp³-hybridized carbons (Fsp3) is 0.500. The Labute approximate surface area is 107 Å². The smallest absolute Gasteiger partial charge is 0.163 e. The van der Waals surface area contributed by atoms with Gasteiger partial charge in [-0.2, -0.15) is 0 Å². The highest BCUT2D eigenvalue weighted by Gasteiger charge is 2.33. The predicted octanol–water partition coefficient (Wildman–Crippen LogP) is 2.91. The molecule has 0 aromatic heterocycles. The Morgan fingerprint density at radius 1 is 1.41 bits per heavy atom. The highest BCUT2D eigenvalue weighted by atomic mass is 32.2. The van der Waals surface area contributed by atoms with Gasteiger partial charge in [0.25, 0.3) is 0 Å². The van der Waals surface area contributed by atoms with Crippen LogP contribution in [0.25, 0.3) is 0 Å². The maximum absolute atomic E-state index is 6.06. The summed E-state index contributed by atoms with van der Waals surface area (Å²) in [6.45, 7) is 2.18. The van der Waals surface area contributed by atoms with Crippen LogP contribution in [-0.4, -0.2) is 29.8 Å². The highest BCUT2D eigenvalue weighted by Crippen LogP contribution is 2.34. The van der Waals surface area contributed by atoms with E-state index >= 15 is 0 Å². The molecule has 2 atom stereocenters. The minimum Gasteiger partial charge on any atom is -0.481 e. The first-order valence-corrected chi connectivity index (χ1v) is 7.36. The van der Waals surface area contributed by atoms with Crippen LogP contribution in [0.2, 0.25) is 0 Å². The molecule has 2 nitrogen and oxygen atoms in total. The van der Waals surface area contributed by atoms with Crippen LogP contribution >= 0.6 is 11.9 Å². The average Bonchev–Trinajstić information content (AvgIpc) is 2.66. The Kier molecular flexibility index (Phi) is 3.15. The molecule has 0 spiro atoms. The third kappa shape index (κ3) is 2.23. The molecular weight excluding hydrogens is 230 g/mol. The largest absolute Gasteiger partial charge is 0.481 e. The molecule has 3 aliphatic rings. The van der Waals surface area contributed by atoms with Gasteiger partial charge in [0.1, 0.15) is 6.10 Å². The van der Waals surface area contributed by atoms with E-state index in [2.05, 4.69) is 28.4 Å². The Morgan fingerprint density at radius 3 is 3.18 bits per heavy atom. The first-order valence-electron chi connectivity index (χ1n) is 6.18. The van der Waals surface area contributed by atoms with Gasteiger partial charge in [-0.3, -0.25) is 0 Å². The van der Waals surface area contributed by atoms with Crippen LogP contribution in [0.1, 0.15) is 12.8 Å². The molecule has 1 fully saturated rings. The molecule has 2 bridgehead atoms. The molecule has 2 heterocycles. The Morgan fingerprint density at radius 2 is 2.29 bits per heavy atom. The molecule has 1 aliphatic carbocycles. The van der Waals surface area contributed by atoms with Crippen LogP contribution in [0.3, 0.4) is 0 Å². The van der Waals surface area contributed by atoms with E-state index < -0.39 is 0 Å². The van der Waals surface area contributed by atoms with Crippen molar-refractivity contribution in [1.29, 1.82) is 0 Å². The topological polar surface area (TPSA) is 12.5 Å². The summed E-state index contributed by atoms with van der Waals surface area (Å²) in [5.41, 5.74) is 4.71. The van der Waals surface area contributed by atoms with Crippen LogP contribution in [0.15, 0.2) is 41.4 Å². The summed E-state index contributed by atoms with van der Waals surface area (Å²) in [7, 11) is 0. The minimum atomic E-state index is 0.295. The normalized spacial score (nSPS) is 31.8. The van der Waals surface area contributed by atoms with Crippen molar-refractivity contribution < 1.29 is 4.74 Å². The van der Waals surface area contributed by atoms with E-state index in [-0.39, 0.29) is 0 Å². The van der Waals surface area contributed by atoms with Crippen LogP contribution < -0.4 is 0 Å². The zero-order valence-electron chi connectivity index (χ0n) is 10.1. The maximum Gasteiger partial charge on any atom is 0.163 e. The fourth-order valence-electron chi connectivity index (χ4n) is 2.71. The molecule has 3 rings (SSSR count). The number of ether oxygens (including phenoxy) is 1. The second kappa shape index (κ2) is 4.77. The molecule has 0 saturated carbocycles. The summed E-state index contributed by atoms with van der Waals surface area (Å²) in [5, 5.41) is 0. The van der Waals surface area contributed by atoms with Gasteiger partial charge < -0.3 is 4.74 Å². The van der Waals surface area contributed by atoms with E-state index in [1.54, 1.807) is 0 Å². The van der Waals surface area contributed by atoms with Gasteiger partial charge in [0.05, 0.1) is 0 Å². The molecular formula is C14H17NOS. The van der Waals surface area contributed by atoms with Crippen molar-refractivity contribution in [2.45, 2.75) is 18.9 Å². The Balaban J connectivity index is 1.89. The molecule has 2 aliphatic heterocycles. The number of hydrogen-bond donors (Lipinski definition) is 0. The molecule has 1 saturated heterocycles. The second-order valence-electron chi connectivity index (χ2n) is 4.64. The number of nitrogens with zero attached hydrogens (tertiary/aromatic N) is 1. The van der Waals surface area contributed by atoms with Gasteiger partial charge in [-0.05, 0) is 25.2 Å². The number of allylic oxidation sites excluding steroid dienone is 3.